The molecule has 1 aromatic heterocycles. The molecule has 0 radical (unpaired) electrons. The molecule has 8 heteroatoms. The Morgan fingerprint density at radius 3 is 2.78 bits per heavy atom. The molecule has 1 amide bonds. The van der Waals surface area contributed by atoms with Crippen molar-refractivity contribution < 1.29 is 9.72 Å². The fourth-order valence-corrected chi connectivity index (χ4v) is 3.29. The van der Waals surface area contributed by atoms with Crippen LogP contribution in [0.3, 0.4) is 0 Å². The second-order valence-electron chi connectivity index (χ2n) is 5.24. The lowest BCUT2D eigenvalue weighted by Gasteiger charge is -2.16. The number of thiophene rings is 1. The van der Waals surface area contributed by atoms with Crippen LogP contribution in [0.2, 0.25) is 0 Å². The number of likely N-dealkylation sites (N-methyl/N-ethyl adjacent to an activating group) is 1. The zero-order chi connectivity index (χ0) is 17.0. The Balaban J connectivity index is 1.96. The minimum Gasteiger partial charge on any atom is -0.324 e. The van der Waals surface area contributed by atoms with E-state index in [4.69, 9.17) is 0 Å². The average Bonchev–Trinajstić information content (AvgIpc) is 2.85. The van der Waals surface area contributed by atoms with Gasteiger partial charge in [0, 0.05) is 18.7 Å². The van der Waals surface area contributed by atoms with E-state index < -0.39 is 4.92 Å². The molecule has 0 saturated carbocycles. The van der Waals surface area contributed by atoms with Crippen molar-refractivity contribution in [3.8, 4) is 0 Å². The van der Waals surface area contributed by atoms with Crippen LogP contribution in [0.15, 0.2) is 33.4 Å². The van der Waals surface area contributed by atoms with Crippen LogP contribution in [0.1, 0.15) is 11.1 Å². The Hall–Kier alpha value is -1.77. The van der Waals surface area contributed by atoms with Crippen LogP contribution in [0.5, 0.6) is 0 Å². The van der Waals surface area contributed by atoms with Crippen LogP contribution >= 0.6 is 27.3 Å². The quantitative estimate of drug-likeness (QED) is 0.593. The van der Waals surface area contributed by atoms with E-state index in [1.54, 1.807) is 24.3 Å². The van der Waals surface area contributed by atoms with Crippen molar-refractivity contribution in [3.05, 3.63) is 54.7 Å². The number of carbonyl (C=O) groups excluding carboxylic acids is 1. The highest BCUT2D eigenvalue weighted by Gasteiger charge is 2.13. The predicted molar refractivity (Wildman–Crippen MR) is 94.8 cm³/mol. The highest BCUT2D eigenvalue weighted by molar-refractivity contribution is 9.11. The van der Waals surface area contributed by atoms with Crippen molar-refractivity contribution in [2.24, 2.45) is 0 Å². The van der Waals surface area contributed by atoms with Crippen LogP contribution in [-0.4, -0.2) is 29.3 Å². The number of halogens is 1. The standard InChI is InChI=1S/C15H16BrN3O3S/c1-10-3-4-12(19(21)22)6-13(10)17-15(20)8-18(2)7-11-5-14(16)23-9-11/h3-6,9H,7-8H2,1-2H3,(H,17,20). The predicted octanol–water partition coefficient (Wildman–Crippen LogP) is 3.80. The van der Waals surface area contributed by atoms with Gasteiger partial charge in [0.25, 0.3) is 5.69 Å². The fourth-order valence-electron chi connectivity index (χ4n) is 2.09. The fraction of sp³-hybridized carbons (Fsp3) is 0.267. The largest absolute Gasteiger partial charge is 0.324 e. The summed E-state index contributed by atoms with van der Waals surface area (Å²) in [7, 11) is 1.85. The minimum atomic E-state index is -0.477. The van der Waals surface area contributed by atoms with Gasteiger partial charge in [-0.15, -0.1) is 11.3 Å². The molecule has 0 aliphatic carbocycles. The van der Waals surface area contributed by atoms with Crippen molar-refractivity contribution >= 4 is 44.5 Å². The van der Waals surface area contributed by atoms with Crippen molar-refractivity contribution in [1.29, 1.82) is 0 Å². The summed E-state index contributed by atoms with van der Waals surface area (Å²) in [5.41, 5.74) is 2.34. The molecule has 0 saturated heterocycles. The highest BCUT2D eigenvalue weighted by atomic mass is 79.9. The lowest BCUT2D eigenvalue weighted by Crippen LogP contribution is -2.29. The maximum absolute atomic E-state index is 12.1. The molecule has 0 aliphatic rings. The molecule has 0 fully saturated rings. The zero-order valence-electron chi connectivity index (χ0n) is 12.7. The normalized spacial score (nSPS) is 10.8. The van der Waals surface area contributed by atoms with E-state index in [9.17, 15) is 14.9 Å². The van der Waals surface area contributed by atoms with Crippen molar-refractivity contribution in [2.45, 2.75) is 13.5 Å². The maximum atomic E-state index is 12.1. The molecule has 0 atom stereocenters. The maximum Gasteiger partial charge on any atom is 0.271 e. The van der Waals surface area contributed by atoms with E-state index in [0.717, 1.165) is 14.9 Å². The van der Waals surface area contributed by atoms with Crippen LogP contribution in [0, 0.1) is 17.0 Å². The third-order valence-electron chi connectivity index (χ3n) is 3.19. The SMILES string of the molecule is Cc1ccc([N+](=O)[O-])cc1NC(=O)CN(C)Cc1csc(Br)c1. The van der Waals surface area contributed by atoms with Gasteiger partial charge in [-0.25, -0.2) is 0 Å². The molecule has 0 spiro atoms. The first-order valence-corrected chi connectivity index (χ1v) is 8.49. The Bertz CT molecular complexity index is 733. The zero-order valence-corrected chi connectivity index (χ0v) is 15.1. The Kier molecular flexibility index (Phi) is 5.86. The van der Waals surface area contributed by atoms with E-state index >= 15 is 0 Å². The summed E-state index contributed by atoms with van der Waals surface area (Å²) >= 11 is 5.01. The lowest BCUT2D eigenvalue weighted by molar-refractivity contribution is -0.384. The molecule has 1 N–H and O–H groups in total. The second kappa shape index (κ2) is 7.67. The molecule has 0 aliphatic heterocycles. The Morgan fingerprint density at radius 2 is 2.17 bits per heavy atom. The third kappa shape index (κ3) is 5.12. The van der Waals surface area contributed by atoms with Gasteiger partial charge in [0.1, 0.15) is 0 Å². The number of carbonyl (C=O) groups is 1. The van der Waals surface area contributed by atoms with Gasteiger partial charge in [-0.05, 0) is 52.5 Å². The number of non-ortho nitro benzene ring substituents is 1. The molecule has 1 aromatic carbocycles. The number of anilines is 1. The van der Waals surface area contributed by atoms with Crippen LogP contribution in [0.4, 0.5) is 11.4 Å². The van der Waals surface area contributed by atoms with E-state index in [1.165, 1.54) is 12.1 Å². The summed E-state index contributed by atoms with van der Waals surface area (Å²) in [6.07, 6.45) is 0. The van der Waals surface area contributed by atoms with E-state index in [2.05, 4.69) is 21.2 Å². The van der Waals surface area contributed by atoms with Gasteiger partial charge >= 0.3 is 0 Å². The van der Waals surface area contributed by atoms with Gasteiger partial charge in [-0.3, -0.25) is 19.8 Å². The van der Waals surface area contributed by atoms with Gasteiger partial charge in [0.2, 0.25) is 5.91 Å². The van der Waals surface area contributed by atoms with Gasteiger partial charge in [0.15, 0.2) is 0 Å². The smallest absolute Gasteiger partial charge is 0.271 e. The summed E-state index contributed by atoms with van der Waals surface area (Å²) in [4.78, 5) is 24.3. The van der Waals surface area contributed by atoms with Crippen LogP contribution in [-0.2, 0) is 11.3 Å². The number of hydrogen-bond donors (Lipinski definition) is 1. The van der Waals surface area contributed by atoms with Gasteiger partial charge in [-0.1, -0.05) is 6.07 Å². The topological polar surface area (TPSA) is 75.5 Å². The summed E-state index contributed by atoms with van der Waals surface area (Å²) in [5.74, 6) is -0.203. The van der Waals surface area contributed by atoms with Gasteiger partial charge < -0.3 is 5.32 Å². The van der Waals surface area contributed by atoms with Crippen LogP contribution < -0.4 is 5.32 Å². The number of benzene rings is 1. The number of hydrogen-bond acceptors (Lipinski definition) is 5. The lowest BCUT2D eigenvalue weighted by atomic mass is 10.2. The summed E-state index contributed by atoms with van der Waals surface area (Å²) in [5, 5.41) is 15.6. The Labute approximate surface area is 146 Å². The van der Waals surface area contributed by atoms with Crippen molar-refractivity contribution in [1.82, 2.24) is 4.90 Å². The van der Waals surface area contributed by atoms with E-state index in [1.807, 2.05) is 23.4 Å². The molecule has 23 heavy (non-hydrogen) atoms. The minimum absolute atomic E-state index is 0.0395. The highest BCUT2D eigenvalue weighted by Crippen LogP contribution is 2.23. The molecule has 0 bridgehead atoms. The number of nitrogens with one attached hydrogen (secondary N) is 1. The molecular formula is C15H16BrN3O3S. The number of amides is 1. The van der Waals surface area contributed by atoms with Gasteiger partial charge in [0.05, 0.1) is 20.9 Å². The summed E-state index contributed by atoms with van der Waals surface area (Å²) in [6.45, 7) is 2.66. The first kappa shape index (κ1) is 17.6. The molecule has 122 valence electrons. The number of nitro benzene ring substituents is 1. The molecular weight excluding hydrogens is 382 g/mol. The van der Waals surface area contributed by atoms with Gasteiger partial charge in [-0.2, -0.15) is 0 Å². The first-order valence-electron chi connectivity index (χ1n) is 6.81. The van der Waals surface area contributed by atoms with Crippen LogP contribution in [0.25, 0.3) is 0 Å². The molecule has 0 unspecified atom stereocenters. The Morgan fingerprint density at radius 1 is 1.43 bits per heavy atom. The molecule has 6 nitrogen and oxygen atoms in total. The first-order chi connectivity index (χ1) is 10.8. The molecule has 1 heterocycles. The van der Waals surface area contributed by atoms with Crippen molar-refractivity contribution in [2.75, 3.05) is 18.9 Å². The number of nitrogens with zero attached hydrogens (tertiary/aromatic N) is 2. The third-order valence-corrected chi connectivity index (χ3v) is 4.75. The van der Waals surface area contributed by atoms with E-state index in [0.29, 0.717) is 12.2 Å². The summed E-state index contributed by atoms with van der Waals surface area (Å²) in [6, 6.07) is 6.44. The average molecular weight is 398 g/mol. The van der Waals surface area contributed by atoms with Crippen molar-refractivity contribution in [3.63, 3.8) is 0 Å². The molecule has 2 aromatic rings. The summed E-state index contributed by atoms with van der Waals surface area (Å²) < 4.78 is 1.05. The monoisotopic (exact) mass is 397 g/mol. The number of rotatable bonds is 6. The molecule has 2 rings (SSSR count). The number of aryl methyl sites for hydroxylation is 1. The number of nitro groups is 1. The second-order valence-corrected chi connectivity index (χ2v) is 7.53. The van der Waals surface area contributed by atoms with E-state index in [-0.39, 0.29) is 18.1 Å².